The van der Waals surface area contributed by atoms with E-state index in [4.69, 9.17) is 21.8 Å². The molecule has 2 aromatic rings. The van der Waals surface area contributed by atoms with Crippen molar-refractivity contribution in [1.82, 2.24) is 4.31 Å². The number of hydrogen-bond donors (Lipinski definition) is 1. The Hall–Kier alpha value is -1.34. The zero-order valence-corrected chi connectivity index (χ0v) is 12.5. The lowest BCUT2D eigenvalue weighted by Crippen LogP contribution is -2.26. The summed E-state index contributed by atoms with van der Waals surface area (Å²) in [5, 5.41) is 0.352. The number of halogens is 1. The summed E-state index contributed by atoms with van der Waals surface area (Å²) in [5.74, 6) is 0. The number of nitrogens with two attached hydrogens (primary N) is 1. The number of rotatable bonds is 5. The van der Waals surface area contributed by atoms with Gasteiger partial charge in [0.1, 0.15) is 0 Å². The van der Waals surface area contributed by atoms with Crippen LogP contribution in [0.15, 0.2) is 46.1 Å². The monoisotopic (exact) mass is 314 g/mol. The maximum Gasteiger partial charge on any atom is 0.243 e. The molecule has 0 amide bonds. The minimum Gasteiger partial charge on any atom is -0.472 e. The summed E-state index contributed by atoms with van der Waals surface area (Å²) in [7, 11) is -2.09. The van der Waals surface area contributed by atoms with E-state index in [9.17, 15) is 8.42 Å². The molecule has 0 aliphatic carbocycles. The van der Waals surface area contributed by atoms with Crippen LogP contribution in [-0.4, -0.2) is 19.8 Å². The van der Waals surface area contributed by atoms with Crippen LogP contribution in [0, 0.1) is 0 Å². The fourth-order valence-corrected chi connectivity index (χ4v) is 3.27. The Morgan fingerprint density at radius 3 is 2.65 bits per heavy atom. The Bertz CT molecular complexity index is 684. The summed E-state index contributed by atoms with van der Waals surface area (Å²) in [6, 6.07) is 6.28. The van der Waals surface area contributed by atoms with Crippen molar-refractivity contribution in [2.45, 2.75) is 18.0 Å². The molecule has 20 heavy (non-hydrogen) atoms. The van der Waals surface area contributed by atoms with E-state index in [0.717, 1.165) is 5.56 Å². The molecule has 0 atom stereocenters. The van der Waals surface area contributed by atoms with Crippen LogP contribution in [0.2, 0.25) is 5.02 Å². The van der Waals surface area contributed by atoms with Crippen LogP contribution in [0.4, 0.5) is 0 Å². The van der Waals surface area contributed by atoms with Gasteiger partial charge in [0.05, 0.1) is 17.4 Å². The highest BCUT2D eigenvalue weighted by Gasteiger charge is 2.22. The topological polar surface area (TPSA) is 76.5 Å². The van der Waals surface area contributed by atoms with Crippen molar-refractivity contribution in [2.75, 3.05) is 7.05 Å². The van der Waals surface area contributed by atoms with Gasteiger partial charge in [0, 0.05) is 30.7 Å². The van der Waals surface area contributed by atoms with Crippen LogP contribution in [0.1, 0.15) is 11.1 Å². The Morgan fingerprint density at radius 2 is 2.10 bits per heavy atom. The lowest BCUT2D eigenvalue weighted by molar-refractivity contribution is 0.463. The maximum atomic E-state index is 12.4. The molecule has 1 aromatic carbocycles. The molecule has 0 radical (unpaired) electrons. The molecule has 0 aliphatic heterocycles. The first-order valence-corrected chi connectivity index (χ1v) is 7.73. The summed E-state index contributed by atoms with van der Waals surface area (Å²) in [5.41, 5.74) is 6.99. The second kappa shape index (κ2) is 5.97. The maximum absolute atomic E-state index is 12.4. The Balaban J connectivity index is 2.27. The van der Waals surface area contributed by atoms with Gasteiger partial charge in [-0.25, -0.2) is 8.42 Å². The fraction of sp³-hybridized carbons (Fsp3) is 0.231. The van der Waals surface area contributed by atoms with Gasteiger partial charge in [-0.1, -0.05) is 17.7 Å². The molecule has 0 unspecified atom stereocenters. The van der Waals surface area contributed by atoms with Crippen LogP contribution >= 0.6 is 11.6 Å². The van der Waals surface area contributed by atoms with Gasteiger partial charge < -0.3 is 10.2 Å². The SMILES string of the molecule is CN(Cc1ccoc1)S(=O)(=O)c1ccc(CN)c(Cl)c1. The number of benzene rings is 1. The molecular weight excluding hydrogens is 300 g/mol. The normalized spacial score (nSPS) is 12.0. The van der Waals surface area contributed by atoms with E-state index in [2.05, 4.69) is 0 Å². The van der Waals surface area contributed by atoms with E-state index in [1.54, 1.807) is 12.1 Å². The van der Waals surface area contributed by atoms with E-state index >= 15 is 0 Å². The van der Waals surface area contributed by atoms with Gasteiger partial charge >= 0.3 is 0 Å². The zero-order chi connectivity index (χ0) is 14.8. The number of sulfonamides is 1. The standard InChI is InChI=1S/C13H15ClN2O3S/c1-16(8-10-4-5-19-9-10)20(17,18)12-3-2-11(7-15)13(14)6-12/h2-6,9H,7-8,15H2,1H3. The van der Waals surface area contributed by atoms with Crippen molar-refractivity contribution in [2.24, 2.45) is 5.73 Å². The highest BCUT2D eigenvalue weighted by molar-refractivity contribution is 7.89. The fourth-order valence-electron chi connectivity index (χ4n) is 1.76. The first kappa shape index (κ1) is 15.1. The quantitative estimate of drug-likeness (QED) is 0.918. The second-order valence-electron chi connectivity index (χ2n) is 4.35. The van der Waals surface area contributed by atoms with Gasteiger partial charge in [-0.2, -0.15) is 4.31 Å². The summed E-state index contributed by atoms with van der Waals surface area (Å²) in [4.78, 5) is 0.144. The van der Waals surface area contributed by atoms with Gasteiger partial charge in [-0.3, -0.25) is 0 Å². The van der Waals surface area contributed by atoms with Crippen molar-refractivity contribution >= 4 is 21.6 Å². The summed E-state index contributed by atoms with van der Waals surface area (Å²) in [6.45, 7) is 0.499. The minimum atomic E-state index is -3.60. The van der Waals surface area contributed by atoms with Crippen molar-refractivity contribution < 1.29 is 12.8 Å². The Morgan fingerprint density at radius 1 is 1.35 bits per heavy atom. The highest BCUT2D eigenvalue weighted by Crippen LogP contribution is 2.23. The van der Waals surface area contributed by atoms with E-state index < -0.39 is 10.0 Å². The van der Waals surface area contributed by atoms with E-state index in [1.165, 1.54) is 36.0 Å². The molecule has 1 heterocycles. The third kappa shape index (κ3) is 3.04. The molecular formula is C13H15ClN2O3S. The number of furan rings is 1. The first-order chi connectivity index (χ1) is 9.45. The smallest absolute Gasteiger partial charge is 0.243 e. The Labute approximate surface area is 123 Å². The van der Waals surface area contributed by atoms with Crippen molar-refractivity contribution in [3.05, 3.63) is 52.9 Å². The molecule has 2 N–H and O–H groups in total. The molecule has 1 aromatic heterocycles. The highest BCUT2D eigenvalue weighted by atomic mass is 35.5. The summed E-state index contributed by atoms with van der Waals surface area (Å²) >= 11 is 6.01. The van der Waals surface area contributed by atoms with Crippen LogP contribution in [0.3, 0.4) is 0 Å². The van der Waals surface area contributed by atoms with E-state index in [-0.39, 0.29) is 18.0 Å². The minimum absolute atomic E-state index is 0.144. The molecule has 2 rings (SSSR count). The van der Waals surface area contributed by atoms with Gasteiger partial charge in [0.25, 0.3) is 0 Å². The first-order valence-electron chi connectivity index (χ1n) is 5.91. The molecule has 0 fully saturated rings. The average Bonchev–Trinajstić information content (AvgIpc) is 2.91. The van der Waals surface area contributed by atoms with Crippen LogP contribution in [0.5, 0.6) is 0 Å². The Kier molecular flexibility index (Phi) is 4.49. The van der Waals surface area contributed by atoms with Crippen molar-refractivity contribution in [3.63, 3.8) is 0 Å². The number of nitrogens with zero attached hydrogens (tertiary/aromatic N) is 1. The van der Waals surface area contributed by atoms with E-state index in [0.29, 0.717) is 10.6 Å². The average molecular weight is 315 g/mol. The van der Waals surface area contributed by atoms with Crippen molar-refractivity contribution in [1.29, 1.82) is 0 Å². The molecule has 0 saturated heterocycles. The zero-order valence-electron chi connectivity index (χ0n) is 10.9. The van der Waals surface area contributed by atoms with E-state index in [1.807, 2.05) is 0 Å². The lowest BCUT2D eigenvalue weighted by Gasteiger charge is -2.17. The summed E-state index contributed by atoms with van der Waals surface area (Å²) < 4.78 is 31.0. The molecule has 7 heteroatoms. The van der Waals surface area contributed by atoms with Crippen LogP contribution < -0.4 is 5.73 Å². The van der Waals surface area contributed by atoms with Gasteiger partial charge in [0.15, 0.2) is 0 Å². The lowest BCUT2D eigenvalue weighted by atomic mass is 10.2. The van der Waals surface area contributed by atoms with Gasteiger partial charge in [-0.15, -0.1) is 0 Å². The largest absolute Gasteiger partial charge is 0.472 e. The predicted molar refractivity (Wildman–Crippen MR) is 76.7 cm³/mol. The molecule has 108 valence electrons. The van der Waals surface area contributed by atoms with Gasteiger partial charge in [-0.05, 0) is 23.8 Å². The third-order valence-corrected chi connectivity index (χ3v) is 5.09. The molecule has 0 saturated carbocycles. The van der Waals surface area contributed by atoms with Crippen LogP contribution in [0.25, 0.3) is 0 Å². The molecule has 0 bridgehead atoms. The van der Waals surface area contributed by atoms with Crippen molar-refractivity contribution in [3.8, 4) is 0 Å². The number of hydrogen-bond acceptors (Lipinski definition) is 4. The molecule has 0 aliphatic rings. The molecule has 5 nitrogen and oxygen atoms in total. The second-order valence-corrected chi connectivity index (χ2v) is 6.80. The third-order valence-electron chi connectivity index (χ3n) is 2.94. The molecule has 0 spiro atoms. The van der Waals surface area contributed by atoms with Gasteiger partial charge in [0.2, 0.25) is 10.0 Å². The van der Waals surface area contributed by atoms with Crippen LogP contribution in [-0.2, 0) is 23.1 Å². The summed E-state index contributed by atoms with van der Waals surface area (Å²) in [6.07, 6.45) is 3.01. The predicted octanol–water partition coefficient (Wildman–Crippen LogP) is 2.21.